The first-order valence-corrected chi connectivity index (χ1v) is 9.19. The number of nitrogens with zero attached hydrogens (tertiary/aromatic N) is 4. The first-order chi connectivity index (χ1) is 12.9. The Bertz CT molecular complexity index is 953. The summed E-state index contributed by atoms with van der Waals surface area (Å²) < 4.78 is 42.6. The van der Waals surface area contributed by atoms with E-state index in [1.165, 1.54) is 19.1 Å². The van der Waals surface area contributed by atoms with Crippen molar-refractivity contribution in [2.45, 2.75) is 45.6 Å². The van der Waals surface area contributed by atoms with Gasteiger partial charge in [0.25, 0.3) is 11.6 Å². The fourth-order valence-electron chi connectivity index (χ4n) is 3.03. The van der Waals surface area contributed by atoms with Crippen molar-refractivity contribution in [2.24, 2.45) is 5.10 Å². The molecule has 28 heavy (non-hydrogen) atoms. The molecule has 1 aliphatic heterocycles. The molecule has 6 nitrogen and oxygen atoms in total. The number of hydrazone groups is 1. The zero-order chi connectivity index (χ0) is 20.9. The van der Waals surface area contributed by atoms with Crippen molar-refractivity contribution in [2.75, 3.05) is 0 Å². The summed E-state index contributed by atoms with van der Waals surface area (Å²) in [5.41, 5.74) is -0.697. The summed E-state index contributed by atoms with van der Waals surface area (Å²) >= 11 is 3.45. The van der Waals surface area contributed by atoms with E-state index in [1.54, 1.807) is 16.8 Å². The molecule has 0 fully saturated rings. The third-order valence-corrected chi connectivity index (χ3v) is 5.74. The molecular formula is C18H18BrF3N4O2. The Balaban J connectivity index is 1.83. The molecule has 0 saturated carbocycles. The maximum Gasteiger partial charge on any atom is 0.438 e. The highest BCUT2D eigenvalue weighted by molar-refractivity contribution is 9.10. The number of aryl methyl sites for hydroxylation is 1. The van der Waals surface area contributed by atoms with Gasteiger partial charge >= 0.3 is 6.18 Å². The second-order valence-corrected chi connectivity index (χ2v) is 7.58. The highest BCUT2D eigenvalue weighted by Crippen LogP contribution is 2.40. The second-order valence-electron chi connectivity index (χ2n) is 6.78. The van der Waals surface area contributed by atoms with Gasteiger partial charge in [0.15, 0.2) is 0 Å². The molecule has 0 bridgehead atoms. The van der Waals surface area contributed by atoms with Crippen LogP contribution in [0.1, 0.15) is 40.7 Å². The molecule has 0 spiro atoms. The summed E-state index contributed by atoms with van der Waals surface area (Å²) in [5, 5.41) is 18.2. The molecule has 0 saturated heterocycles. The van der Waals surface area contributed by atoms with E-state index in [9.17, 15) is 23.1 Å². The van der Waals surface area contributed by atoms with Crippen LogP contribution in [0.15, 0.2) is 33.8 Å². The van der Waals surface area contributed by atoms with Gasteiger partial charge in [-0.15, -0.1) is 0 Å². The van der Waals surface area contributed by atoms with Gasteiger partial charge in [-0.05, 0) is 54.4 Å². The molecule has 0 radical (unpaired) electrons. The third kappa shape index (κ3) is 3.46. The number of alkyl halides is 3. The standard InChI is InChI=1S/C18H18BrF3N4O2/c1-10-8-17(28,18(20,21)22)26(23-10)16(27)14-6-4-13(5-7-14)9-25-12(3)15(19)11(2)24-25/h4-7,28H,8-9H2,1-3H3/t17-/m0/s1. The summed E-state index contributed by atoms with van der Waals surface area (Å²) in [6.45, 7) is 5.56. The van der Waals surface area contributed by atoms with E-state index in [1.807, 2.05) is 13.8 Å². The third-order valence-electron chi connectivity index (χ3n) is 4.60. The fourth-order valence-corrected chi connectivity index (χ4v) is 3.32. The van der Waals surface area contributed by atoms with Gasteiger partial charge in [-0.3, -0.25) is 9.48 Å². The molecule has 2 heterocycles. The number of amides is 1. The van der Waals surface area contributed by atoms with Crippen LogP contribution in [0.3, 0.4) is 0 Å². The summed E-state index contributed by atoms with van der Waals surface area (Å²) in [7, 11) is 0. The number of carbonyl (C=O) groups is 1. The van der Waals surface area contributed by atoms with Gasteiger partial charge in [0, 0.05) is 17.7 Å². The SMILES string of the molecule is CC1=NN(C(=O)c2ccc(Cn3nc(C)c(Br)c3C)cc2)[C@@](O)(C(F)(F)F)C1. The van der Waals surface area contributed by atoms with Crippen LogP contribution in [0, 0.1) is 13.8 Å². The lowest BCUT2D eigenvalue weighted by Crippen LogP contribution is -2.56. The van der Waals surface area contributed by atoms with Crippen LogP contribution in [0.2, 0.25) is 0 Å². The van der Waals surface area contributed by atoms with Gasteiger partial charge in [0.2, 0.25) is 0 Å². The minimum atomic E-state index is -5.02. The highest BCUT2D eigenvalue weighted by atomic mass is 79.9. The number of hydrogen-bond donors (Lipinski definition) is 1. The molecule has 1 aliphatic rings. The molecule has 1 atom stereocenters. The Labute approximate surface area is 167 Å². The molecule has 2 aromatic rings. The summed E-state index contributed by atoms with van der Waals surface area (Å²) in [4.78, 5) is 12.6. The molecule has 0 aliphatic carbocycles. The van der Waals surface area contributed by atoms with Gasteiger partial charge in [-0.2, -0.15) is 28.4 Å². The van der Waals surface area contributed by atoms with Crippen molar-refractivity contribution in [3.8, 4) is 0 Å². The summed E-state index contributed by atoms with van der Waals surface area (Å²) in [6.07, 6.45) is -5.79. The van der Waals surface area contributed by atoms with Crippen molar-refractivity contribution >= 4 is 27.5 Å². The largest absolute Gasteiger partial charge is 0.438 e. The minimum absolute atomic E-state index is 0.000534. The van der Waals surface area contributed by atoms with E-state index in [-0.39, 0.29) is 16.3 Å². The Morgan fingerprint density at radius 1 is 1.25 bits per heavy atom. The van der Waals surface area contributed by atoms with E-state index in [2.05, 4.69) is 26.1 Å². The quantitative estimate of drug-likeness (QED) is 0.760. The first kappa shape index (κ1) is 20.5. The van der Waals surface area contributed by atoms with Crippen molar-refractivity contribution in [1.29, 1.82) is 0 Å². The minimum Gasteiger partial charge on any atom is -0.362 e. The number of rotatable bonds is 3. The van der Waals surface area contributed by atoms with Crippen molar-refractivity contribution in [3.05, 3.63) is 51.3 Å². The van der Waals surface area contributed by atoms with Gasteiger partial charge in [-0.25, -0.2) is 0 Å². The summed E-state index contributed by atoms with van der Waals surface area (Å²) in [5.74, 6) is -1.02. The normalized spacial score (nSPS) is 19.9. The average Bonchev–Trinajstić information content (AvgIpc) is 3.06. The Morgan fingerprint density at radius 3 is 2.36 bits per heavy atom. The van der Waals surface area contributed by atoms with E-state index >= 15 is 0 Å². The van der Waals surface area contributed by atoms with Crippen molar-refractivity contribution < 1.29 is 23.1 Å². The van der Waals surface area contributed by atoms with Crippen LogP contribution in [-0.2, 0) is 6.54 Å². The topological polar surface area (TPSA) is 70.7 Å². The Hall–Kier alpha value is -2.20. The van der Waals surface area contributed by atoms with Crippen LogP contribution in [0.4, 0.5) is 13.2 Å². The number of aromatic nitrogens is 2. The van der Waals surface area contributed by atoms with Crippen molar-refractivity contribution in [3.63, 3.8) is 0 Å². The van der Waals surface area contributed by atoms with Crippen LogP contribution in [0.5, 0.6) is 0 Å². The molecule has 1 amide bonds. The average molecular weight is 459 g/mol. The van der Waals surface area contributed by atoms with E-state index < -0.39 is 24.2 Å². The van der Waals surface area contributed by atoms with Crippen LogP contribution >= 0.6 is 15.9 Å². The fraction of sp³-hybridized carbons (Fsp3) is 0.389. The van der Waals surface area contributed by atoms with Crippen molar-refractivity contribution in [1.82, 2.24) is 14.8 Å². The maximum absolute atomic E-state index is 13.3. The highest BCUT2D eigenvalue weighted by Gasteiger charge is 2.62. The molecule has 150 valence electrons. The van der Waals surface area contributed by atoms with Gasteiger partial charge in [0.05, 0.1) is 22.4 Å². The van der Waals surface area contributed by atoms with E-state index in [0.717, 1.165) is 21.4 Å². The lowest BCUT2D eigenvalue weighted by atomic mass is 10.1. The van der Waals surface area contributed by atoms with E-state index in [0.29, 0.717) is 6.54 Å². The predicted molar refractivity (Wildman–Crippen MR) is 99.8 cm³/mol. The van der Waals surface area contributed by atoms with Gasteiger partial charge in [0.1, 0.15) is 0 Å². The second kappa shape index (κ2) is 7.00. The molecule has 0 unspecified atom stereocenters. The first-order valence-electron chi connectivity index (χ1n) is 8.40. The number of halogens is 4. The summed E-state index contributed by atoms with van der Waals surface area (Å²) in [6, 6.07) is 6.10. The van der Waals surface area contributed by atoms with Crippen LogP contribution in [-0.4, -0.2) is 43.4 Å². The molecule has 1 N–H and O–H groups in total. The lowest BCUT2D eigenvalue weighted by Gasteiger charge is -2.32. The van der Waals surface area contributed by atoms with Crippen LogP contribution in [0.25, 0.3) is 0 Å². The molecular weight excluding hydrogens is 441 g/mol. The maximum atomic E-state index is 13.3. The monoisotopic (exact) mass is 458 g/mol. The van der Waals surface area contributed by atoms with Gasteiger partial charge in [-0.1, -0.05) is 12.1 Å². The number of benzene rings is 1. The smallest absolute Gasteiger partial charge is 0.362 e. The molecule has 10 heteroatoms. The number of hydrogen-bond acceptors (Lipinski definition) is 4. The Kier molecular flexibility index (Phi) is 5.13. The molecule has 3 rings (SSSR count). The molecule has 1 aromatic heterocycles. The predicted octanol–water partition coefficient (Wildman–Crippen LogP) is 3.78. The molecule has 1 aromatic carbocycles. The van der Waals surface area contributed by atoms with Gasteiger partial charge < -0.3 is 5.11 Å². The number of aliphatic hydroxyl groups is 1. The lowest BCUT2D eigenvalue weighted by molar-refractivity contribution is -0.297. The van der Waals surface area contributed by atoms with E-state index in [4.69, 9.17) is 0 Å². The Morgan fingerprint density at radius 2 is 1.86 bits per heavy atom. The number of carbonyl (C=O) groups excluding carboxylic acids is 1. The zero-order valence-electron chi connectivity index (χ0n) is 15.4. The zero-order valence-corrected chi connectivity index (χ0v) is 17.0. The van der Waals surface area contributed by atoms with Crippen LogP contribution < -0.4 is 0 Å².